The number of aliphatic hydroxyl groups is 1. The zero-order valence-electron chi connectivity index (χ0n) is 3.74. The lowest BCUT2D eigenvalue weighted by molar-refractivity contribution is 0.260. The Morgan fingerprint density at radius 2 is 2.57 bits per heavy atom. The largest absolute Gasteiger partial charge is 0.400 e. The minimum Gasteiger partial charge on any atom is -0.350 e. The summed E-state index contributed by atoms with van der Waals surface area (Å²) in [6.45, 7) is 0. The molecule has 0 saturated carbocycles. The topological polar surface area (TPSA) is 37.3 Å². The fourth-order valence-electron chi connectivity index (χ4n) is 0.490. The average Bonchev–Trinajstić information content (AvgIpc) is 1.91. The third kappa shape index (κ3) is 0.872. The van der Waals surface area contributed by atoms with Gasteiger partial charge in [0.05, 0.1) is 0 Å². The highest BCUT2D eigenvalue weighted by atomic mass is 31.1. The first-order chi connectivity index (χ1) is 3.30. The minimum atomic E-state index is -1.40. The first-order valence-corrected chi connectivity index (χ1v) is 3.50. The minimum absolute atomic E-state index is 0.565. The highest BCUT2D eigenvalue weighted by molar-refractivity contribution is 7.49. The molecule has 1 heterocycles. The molecule has 3 heteroatoms. The van der Waals surface area contributed by atoms with Crippen molar-refractivity contribution in [2.75, 3.05) is 0 Å². The summed E-state index contributed by atoms with van der Waals surface area (Å²) in [5.41, 5.74) is 0. The Balaban J connectivity index is 2.62. The Labute approximate surface area is 42.6 Å². The van der Waals surface area contributed by atoms with Gasteiger partial charge >= 0.3 is 7.80 Å². The van der Waals surface area contributed by atoms with E-state index in [2.05, 4.69) is 0 Å². The molecular weight excluding hydrogens is 111 g/mol. The molecule has 1 rings (SSSR count). The molecule has 2 nitrogen and oxygen atoms in total. The first kappa shape index (κ1) is 4.95. The molecular formula is C4H6O2P+. The molecule has 38 valence electrons. The molecule has 1 aliphatic rings. The van der Waals surface area contributed by atoms with E-state index in [4.69, 9.17) is 5.11 Å². The van der Waals surface area contributed by atoms with Gasteiger partial charge in [-0.05, 0) is 6.08 Å². The summed E-state index contributed by atoms with van der Waals surface area (Å²) in [6.07, 6.45) is 2.30. The lowest BCUT2D eigenvalue weighted by atomic mass is 10.5. The lowest BCUT2D eigenvalue weighted by Gasteiger charge is -1.79. The van der Waals surface area contributed by atoms with Gasteiger partial charge in [-0.3, -0.25) is 0 Å². The van der Waals surface area contributed by atoms with Crippen molar-refractivity contribution in [2.24, 2.45) is 0 Å². The molecule has 0 aromatic heterocycles. The summed E-state index contributed by atoms with van der Waals surface area (Å²) < 4.78 is 10.4. The van der Waals surface area contributed by atoms with Gasteiger partial charge in [-0.1, -0.05) is 4.57 Å². The maximum atomic E-state index is 10.4. The predicted octanol–water partition coefficient (Wildman–Crippen LogP) is 1.05. The molecule has 2 atom stereocenters. The summed E-state index contributed by atoms with van der Waals surface area (Å²) >= 11 is 0. The SMILES string of the molecule is O=[P+]1C=CC[C@H]1O. The quantitative estimate of drug-likeness (QED) is 0.481. The molecule has 7 heavy (non-hydrogen) atoms. The number of rotatable bonds is 0. The molecule has 0 spiro atoms. The monoisotopic (exact) mass is 117 g/mol. The van der Waals surface area contributed by atoms with E-state index in [1.165, 1.54) is 0 Å². The van der Waals surface area contributed by atoms with Crippen molar-refractivity contribution in [3.63, 3.8) is 0 Å². The molecule has 0 aromatic carbocycles. The fourth-order valence-corrected chi connectivity index (χ4v) is 1.35. The van der Waals surface area contributed by atoms with Gasteiger partial charge < -0.3 is 5.11 Å². The third-order valence-corrected chi connectivity index (χ3v) is 2.20. The van der Waals surface area contributed by atoms with E-state index in [9.17, 15) is 4.57 Å². The van der Waals surface area contributed by atoms with Gasteiger partial charge in [0, 0.05) is 6.42 Å². The van der Waals surface area contributed by atoms with Crippen molar-refractivity contribution in [3.8, 4) is 0 Å². The van der Waals surface area contributed by atoms with Crippen LogP contribution in [0.2, 0.25) is 0 Å². The van der Waals surface area contributed by atoms with Crippen molar-refractivity contribution >= 4 is 7.80 Å². The van der Waals surface area contributed by atoms with E-state index in [1.54, 1.807) is 11.9 Å². The second-order valence-corrected chi connectivity index (χ2v) is 3.07. The van der Waals surface area contributed by atoms with Crippen molar-refractivity contribution in [1.82, 2.24) is 0 Å². The van der Waals surface area contributed by atoms with Crippen LogP contribution in [0.5, 0.6) is 0 Å². The van der Waals surface area contributed by atoms with E-state index >= 15 is 0 Å². The molecule has 1 N–H and O–H groups in total. The van der Waals surface area contributed by atoms with Gasteiger partial charge in [0.25, 0.3) is 5.85 Å². The molecule has 0 saturated heterocycles. The zero-order valence-corrected chi connectivity index (χ0v) is 4.64. The third-order valence-electron chi connectivity index (χ3n) is 0.893. The second-order valence-electron chi connectivity index (χ2n) is 1.46. The van der Waals surface area contributed by atoms with Crippen LogP contribution in [0.25, 0.3) is 0 Å². The molecule has 0 radical (unpaired) electrons. The van der Waals surface area contributed by atoms with Crippen LogP contribution in [-0.2, 0) is 4.57 Å². The number of aliphatic hydroxyl groups excluding tert-OH is 1. The Morgan fingerprint density at radius 3 is 2.71 bits per heavy atom. The zero-order chi connectivity index (χ0) is 5.28. The van der Waals surface area contributed by atoms with Crippen LogP contribution in [-0.4, -0.2) is 11.0 Å². The second kappa shape index (κ2) is 1.73. The fraction of sp³-hybridized carbons (Fsp3) is 0.500. The first-order valence-electron chi connectivity index (χ1n) is 2.11. The van der Waals surface area contributed by atoms with Gasteiger partial charge in [-0.15, -0.1) is 0 Å². The van der Waals surface area contributed by atoms with Crippen molar-refractivity contribution < 1.29 is 9.67 Å². The highest BCUT2D eigenvalue weighted by Crippen LogP contribution is 2.35. The molecule has 1 unspecified atom stereocenters. The maximum Gasteiger partial charge on any atom is 0.400 e. The van der Waals surface area contributed by atoms with Crippen LogP contribution in [0, 0.1) is 0 Å². The molecule has 0 aliphatic carbocycles. The van der Waals surface area contributed by atoms with E-state index in [-0.39, 0.29) is 0 Å². The van der Waals surface area contributed by atoms with Gasteiger partial charge in [0.15, 0.2) is 5.82 Å². The van der Waals surface area contributed by atoms with E-state index in [1.807, 2.05) is 0 Å². The Bertz CT molecular complexity index is 119. The van der Waals surface area contributed by atoms with E-state index < -0.39 is 13.6 Å². The Kier molecular flexibility index (Phi) is 1.22. The van der Waals surface area contributed by atoms with Gasteiger partial charge in [-0.25, -0.2) is 0 Å². The maximum absolute atomic E-state index is 10.4. The highest BCUT2D eigenvalue weighted by Gasteiger charge is 2.28. The summed E-state index contributed by atoms with van der Waals surface area (Å²) in [4.78, 5) is 0. The molecule has 1 aliphatic heterocycles. The smallest absolute Gasteiger partial charge is 0.350 e. The van der Waals surface area contributed by atoms with Gasteiger partial charge in [0.1, 0.15) is 0 Å². The normalized spacial score (nSPS) is 34.4. The summed E-state index contributed by atoms with van der Waals surface area (Å²) in [5, 5.41) is 8.65. The molecule has 0 amide bonds. The Morgan fingerprint density at radius 1 is 1.86 bits per heavy atom. The standard InChI is InChI=1S/C4H6O2P/c5-4-2-1-3-7(4)6/h1,3-5H,2H2/q+1/t4-/m0/s1. The Hall–Kier alpha value is -0.200. The van der Waals surface area contributed by atoms with E-state index in [0.29, 0.717) is 6.42 Å². The summed E-state index contributed by atoms with van der Waals surface area (Å²) in [6, 6.07) is 0. The molecule has 0 aromatic rings. The van der Waals surface area contributed by atoms with Crippen LogP contribution < -0.4 is 0 Å². The van der Waals surface area contributed by atoms with Gasteiger partial charge in [-0.2, -0.15) is 0 Å². The molecule has 0 bridgehead atoms. The number of hydrogen-bond acceptors (Lipinski definition) is 2. The number of hydrogen-bond donors (Lipinski definition) is 1. The molecule has 0 fully saturated rings. The van der Waals surface area contributed by atoms with Crippen molar-refractivity contribution in [2.45, 2.75) is 12.3 Å². The van der Waals surface area contributed by atoms with Gasteiger partial charge in [0.2, 0.25) is 0 Å². The van der Waals surface area contributed by atoms with E-state index in [0.717, 1.165) is 0 Å². The lowest BCUT2D eigenvalue weighted by Crippen LogP contribution is -1.90. The van der Waals surface area contributed by atoms with Crippen LogP contribution in [0.1, 0.15) is 6.42 Å². The predicted molar refractivity (Wildman–Crippen MR) is 27.4 cm³/mol. The van der Waals surface area contributed by atoms with Crippen LogP contribution in [0.3, 0.4) is 0 Å². The van der Waals surface area contributed by atoms with Crippen LogP contribution >= 0.6 is 7.80 Å². The van der Waals surface area contributed by atoms with Crippen molar-refractivity contribution in [1.29, 1.82) is 0 Å². The average molecular weight is 117 g/mol. The van der Waals surface area contributed by atoms with Crippen molar-refractivity contribution in [3.05, 3.63) is 11.9 Å². The summed E-state index contributed by atoms with van der Waals surface area (Å²) in [7, 11) is -1.40. The van der Waals surface area contributed by atoms with Crippen LogP contribution in [0.15, 0.2) is 11.9 Å². The van der Waals surface area contributed by atoms with Crippen LogP contribution in [0.4, 0.5) is 0 Å². The summed E-state index contributed by atoms with van der Waals surface area (Å²) in [5.74, 6) is 0.968.